The predicted octanol–water partition coefficient (Wildman–Crippen LogP) is 1.68. The summed E-state index contributed by atoms with van der Waals surface area (Å²) in [5, 5.41) is 3.43. The molecule has 1 aliphatic heterocycles. The molecule has 0 saturated carbocycles. The smallest absolute Gasteiger partial charge is 0.148 e. The summed E-state index contributed by atoms with van der Waals surface area (Å²) in [6, 6.07) is 0. The van der Waals surface area contributed by atoms with E-state index in [0.29, 0.717) is 0 Å². The summed E-state index contributed by atoms with van der Waals surface area (Å²) in [6.07, 6.45) is 2.80. The summed E-state index contributed by atoms with van der Waals surface area (Å²) in [5.41, 5.74) is 1.88. The molecule has 1 unspecified atom stereocenters. The van der Waals surface area contributed by atoms with Crippen LogP contribution in [0.3, 0.4) is 0 Å². The maximum Gasteiger partial charge on any atom is 0.148 e. The van der Waals surface area contributed by atoms with Gasteiger partial charge in [-0.25, -0.2) is 4.98 Å². The van der Waals surface area contributed by atoms with Crippen molar-refractivity contribution in [2.24, 2.45) is 0 Å². The highest BCUT2D eigenvalue weighted by Gasteiger charge is 2.30. The number of aryl methyl sites for hydroxylation is 2. The van der Waals surface area contributed by atoms with Crippen LogP contribution in [0.25, 0.3) is 0 Å². The van der Waals surface area contributed by atoms with Gasteiger partial charge in [0.25, 0.3) is 0 Å². The van der Waals surface area contributed by atoms with E-state index in [0.717, 1.165) is 36.8 Å². The van der Waals surface area contributed by atoms with Crippen molar-refractivity contribution >= 4 is 5.82 Å². The van der Waals surface area contributed by atoms with E-state index in [4.69, 9.17) is 4.74 Å². The summed E-state index contributed by atoms with van der Waals surface area (Å²) in [7, 11) is 0. The molecule has 0 amide bonds. The summed E-state index contributed by atoms with van der Waals surface area (Å²) in [4.78, 5) is 8.74. The monoisotopic (exact) mass is 207 g/mol. The van der Waals surface area contributed by atoms with Gasteiger partial charge in [0.1, 0.15) is 5.82 Å². The first-order valence-corrected chi connectivity index (χ1v) is 5.25. The second kappa shape index (κ2) is 3.77. The summed E-state index contributed by atoms with van der Waals surface area (Å²) in [6.45, 7) is 7.63. The number of ether oxygens (including phenoxy) is 1. The van der Waals surface area contributed by atoms with E-state index in [1.165, 1.54) is 0 Å². The molecule has 0 radical (unpaired) electrons. The van der Waals surface area contributed by atoms with Crippen LogP contribution in [0.4, 0.5) is 5.82 Å². The van der Waals surface area contributed by atoms with Crippen molar-refractivity contribution in [1.82, 2.24) is 9.97 Å². The molecule has 4 heteroatoms. The van der Waals surface area contributed by atoms with Gasteiger partial charge in [0, 0.05) is 12.8 Å². The lowest BCUT2D eigenvalue weighted by Crippen LogP contribution is -2.35. The zero-order chi connectivity index (χ0) is 10.9. The number of nitrogens with zero attached hydrogens (tertiary/aromatic N) is 2. The van der Waals surface area contributed by atoms with Crippen LogP contribution in [0.15, 0.2) is 6.20 Å². The third-order valence-corrected chi connectivity index (χ3v) is 2.71. The van der Waals surface area contributed by atoms with Crippen LogP contribution in [-0.4, -0.2) is 28.7 Å². The predicted molar refractivity (Wildman–Crippen MR) is 59.0 cm³/mol. The maximum atomic E-state index is 5.39. The van der Waals surface area contributed by atoms with Crippen molar-refractivity contribution in [3.8, 4) is 0 Å². The van der Waals surface area contributed by atoms with Gasteiger partial charge in [-0.05, 0) is 27.2 Å². The SMILES string of the molecule is Cc1cnc(C)c(NC2(C)CCOC2)n1. The number of aromatic nitrogens is 2. The molecule has 1 aromatic heterocycles. The van der Waals surface area contributed by atoms with Crippen LogP contribution in [0, 0.1) is 13.8 Å². The van der Waals surface area contributed by atoms with E-state index in [-0.39, 0.29) is 5.54 Å². The fraction of sp³-hybridized carbons (Fsp3) is 0.636. The molecule has 0 spiro atoms. The largest absolute Gasteiger partial charge is 0.379 e. The molecule has 2 heterocycles. The Labute approximate surface area is 90.1 Å². The molecule has 1 atom stereocenters. The molecule has 2 rings (SSSR count). The Balaban J connectivity index is 2.19. The van der Waals surface area contributed by atoms with Gasteiger partial charge in [0.2, 0.25) is 0 Å². The third-order valence-electron chi connectivity index (χ3n) is 2.71. The lowest BCUT2D eigenvalue weighted by Gasteiger charge is -2.25. The van der Waals surface area contributed by atoms with Crippen LogP contribution in [0.2, 0.25) is 0 Å². The van der Waals surface area contributed by atoms with E-state index in [1.807, 2.05) is 13.8 Å². The van der Waals surface area contributed by atoms with E-state index < -0.39 is 0 Å². The molecule has 15 heavy (non-hydrogen) atoms. The van der Waals surface area contributed by atoms with Crippen LogP contribution in [-0.2, 0) is 4.74 Å². The van der Waals surface area contributed by atoms with Crippen LogP contribution in [0.5, 0.6) is 0 Å². The van der Waals surface area contributed by atoms with Gasteiger partial charge in [-0.15, -0.1) is 0 Å². The molecule has 0 bridgehead atoms. The Kier molecular flexibility index (Phi) is 2.61. The lowest BCUT2D eigenvalue weighted by molar-refractivity contribution is 0.185. The Bertz CT molecular complexity index is 359. The molecule has 1 aliphatic rings. The Hall–Kier alpha value is -1.16. The number of rotatable bonds is 2. The van der Waals surface area contributed by atoms with Crippen molar-refractivity contribution in [3.63, 3.8) is 0 Å². The molecule has 4 nitrogen and oxygen atoms in total. The molecule has 1 fully saturated rings. The molecule has 1 aromatic rings. The normalized spacial score (nSPS) is 25.5. The Morgan fingerprint density at radius 2 is 2.27 bits per heavy atom. The van der Waals surface area contributed by atoms with E-state index >= 15 is 0 Å². The molecular weight excluding hydrogens is 190 g/mol. The zero-order valence-electron chi connectivity index (χ0n) is 9.50. The summed E-state index contributed by atoms with van der Waals surface area (Å²) >= 11 is 0. The molecular formula is C11H17N3O. The average Bonchev–Trinajstić information content (AvgIpc) is 2.59. The highest BCUT2D eigenvalue weighted by molar-refractivity contribution is 5.42. The molecule has 0 aliphatic carbocycles. The minimum atomic E-state index is 0.00718. The van der Waals surface area contributed by atoms with Gasteiger partial charge in [-0.3, -0.25) is 4.98 Å². The second-order valence-corrected chi connectivity index (χ2v) is 4.43. The van der Waals surface area contributed by atoms with Gasteiger partial charge in [-0.2, -0.15) is 0 Å². The van der Waals surface area contributed by atoms with Gasteiger partial charge in [-0.1, -0.05) is 0 Å². The molecule has 1 saturated heterocycles. The third kappa shape index (κ3) is 2.26. The lowest BCUT2D eigenvalue weighted by atomic mass is 10.0. The Morgan fingerprint density at radius 1 is 1.47 bits per heavy atom. The number of nitrogens with one attached hydrogen (secondary N) is 1. The average molecular weight is 207 g/mol. The van der Waals surface area contributed by atoms with Crippen molar-refractivity contribution in [2.75, 3.05) is 18.5 Å². The summed E-state index contributed by atoms with van der Waals surface area (Å²) in [5.74, 6) is 0.878. The minimum absolute atomic E-state index is 0.00718. The minimum Gasteiger partial charge on any atom is -0.379 e. The van der Waals surface area contributed by atoms with E-state index in [2.05, 4.69) is 22.2 Å². The second-order valence-electron chi connectivity index (χ2n) is 4.43. The molecule has 82 valence electrons. The number of hydrogen-bond acceptors (Lipinski definition) is 4. The van der Waals surface area contributed by atoms with Gasteiger partial charge in [0.15, 0.2) is 0 Å². The first kappa shape index (κ1) is 10.4. The topological polar surface area (TPSA) is 47.0 Å². The fourth-order valence-electron chi connectivity index (χ4n) is 1.71. The highest BCUT2D eigenvalue weighted by Crippen LogP contribution is 2.23. The highest BCUT2D eigenvalue weighted by atomic mass is 16.5. The van der Waals surface area contributed by atoms with Crippen molar-refractivity contribution in [3.05, 3.63) is 17.6 Å². The molecule has 1 N–H and O–H groups in total. The van der Waals surface area contributed by atoms with Crippen molar-refractivity contribution < 1.29 is 4.74 Å². The van der Waals surface area contributed by atoms with Crippen LogP contribution < -0.4 is 5.32 Å². The zero-order valence-corrected chi connectivity index (χ0v) is 9.50. The molecule has 0 aromatic carbocycles. The van der Waals surface area contributed by atoms with Crippen LogP contribution in [0.1, 0.15) is 24.7 Å². The van der Waals surface area contributed by atoms with Gasteiger partial charge in [0.05, 0.1) is 23.5 Å². The standard InChI is InChI=1S/C11H17N3O/c1-8-6-12-9(2)10(13-8)14-11(3)4-5-15-7-11/h6H,4-5,7H2,1-3H3,(H,13,14). The van der Waals surface area contributed by atoms with Gasteiger partial charge >= 0.3 is 0 Å². The Morgan fingerprint density at radius 3 is 2.93 bits per heavy atom. The first-order valence-electron chi connectivity index (χ1n) is 5.25. The van der Waals surface area contributed by atoms with Crippen molar-refractivity contribution in [2.45, 2.75) is 32.7 Å². The van der Waals surface area contributed by atoms with Crippen LogP contribution >= 0.6 is 0 Å². The quantitative estimate of drug-likeness (QED) is 0.801. The van der Waals surface area contributed by atoms with E-state index in [9.17, 15) is 0 Å². The summed E-state index contributed by atoms with van der Waals surface area (Å²) < 4.78 is 5.39. The van der Waals surface area contributed by atoms with E-state index in [1.54, 1.807) is 6.20 Å². The van der Waals surface area contributed by atoms with Gasteiger partial charge < -0.3 is 10.1 Å². The number of anilines is 1. The first-order chi connectivity index (χ1) is 7.09. The van der Waals surface area contributed by atoms with Crippen molar-refractivity contribution in [1.29, 1.82) is 0 Å². The fourth-order valence-corrected chi connectivity index (χ4v) is 1.71. The number of hydrogen-bond donors (Lipinski definition) is 1. The maximum absolute atomic E-state index is 5.39.